The Hall–Kier alpha value is -1.32. The van der Waals surface area contributed by atoms with Crippen LogP contribution in [0.15, 0.2) is 59.2 Å². The van der Waals surface area contributed by atoms with Gasteiger partial charge in [0.2, 0.25) is 0 Å². The maximum absolute atomic E-state index is 9.60. The number of fused-ring (bicyclic) bond motifs is 3. The molecule has 2 bridgehead atoms. The van der Waals surface area contributed by atoms with Gasteiger partial charge in [-0.1, -0.05) is 56.4 Å². The van der Waals surface area contributed by atoms with Crippen molar-refractivity contribution >= 4 is 7.12 Å². The van der Waals surface area contributed by atoms with E-state index in [9.17, 15) is 10.0 Å². The van der Waals surface area contributed by atoms with Gasteiger partial charge in [0.15, 0.2) is 0 Å². The highest BCUT2D eigenvalue weighted by molar-refractivity contribution is 6.52. The molecule has 0 radical (unpaired) electrons. The number of hydrogen-bond donors (Lipinski definition) is 2. The minimum Gasteiger partial charge on any atom is -0.423 e. The van der Waals surface area contributed by atoms with E-state index in [1.807, 2.05) is 12.2 Å². The average molecular weight is 254 g/mol. The lowest BCUT2D eigenvalue weighted by Crippen LogP contribution is -2.37. The normalized spacial score (nSPS) is 30.8. The van der Waals surface area contributed by atoms with Crippen LogP contribution in [0.3, 0.4) is 0 Å². The second kappa shape index (κ2) is 4.36. The zero-order valence-corrected chi connectivity index (χ0v) is 11.4. The van der Waals surface area contributed by atoms with Crippen molar-refractivity contribution in [2.45, 2.75) is 20.3 Å². The summed E-state index contributed by atoms with van der Waals surface area (Å²) in [7, 11) is -1.41. The lowest BCUT2D eigenvalue weighted by atomic mass is 9.57. The molecule has 0 amide bonds. The van der Waals surface area contributed by atoms with Crippen LogP contribution in [-0.2, 0) is 0 Å². The third-order valence-corrected chi connectivity index (χ3v) is 4.76. The minimum atomic E-state index is -1.41. The van der Waals surface area contributed by atoms with Crippen molar-refractivity contribution in [2.75, 3.05) is 0 Å². The van der Waals surface area contributed by atoms with Gasteiger partial charge in [-0.15, -0.1) is 0 Å². The van der Waals surface area contributed by atoms with E-state index in [1.165, 1.54) is 5.57 Å². The van der Waals surface area contributed by atoms with Crippen LogP contribution >= 0.6 is 0 Å². The Morgan fingerprint density at radius 2 is 2.00 bits per heavy atom. The van der Waals surface area contributed by atoms with Crippen molar-refractivity contribution in [3.8, 4) is 0 Å². The van der Waals surface area contributed by atoms with Crippen molar-refractivity contribution in [1.82, 2.24) is 0 Å². The molecule has 3 aliphatic rings. The van der Waals surface area contributed by atoms with Crippen LogP contribution in [-0.4, -0.2) is 17.2 Å². The first-order valence-electron chi connectivity index (χ1n) is 6.85. The summed E-state index contributed by atoms with van der Waals surface area (Å²) in [5, 5.41) is 19.2. The lowest BCUT2D eigenvalue weighted by Gasteiger charge is -2.45. The number of hydrogen-bond acceptors (Lipinski definition) is 2. The van der Waals surface area contributed by atoms with Crippen LogP contribution < -0.4 is 0 Å². The molecule has 3 aliphatic carbocycles. The summed E-state index contributed by atoms with van der Waals surface area (Å²) in [5.41, 5.74) is 3.02. The highest BCUT2D eigenvalue weighted by Crippen LogP contribution is 2.52. The van der Waals surface area contributed by atoms with E-state index in [4.69, 9.17) is 0 Å². The van der Waals surface area contributed by atoms with Crippen LogP contribution in [0.25, 0.3) is 0 Å². The Labute approximate surface area is 114 Å². The quantitative estimate of drug-likeness (QED) is 0.706. The van der Waals surface area contributed by atoms with Crippen LogP contribution in [0, 0.1) is 17.3 Å². The fourth-order valence-corrected chi connectivity index (χ4v) is 3.49. The smallest absolute Gasteiger partial charge is 0.423 e. The highest BCUT2D eigenvalue weighted by atomic mass is 16.4. The van der Waals surface area contributed by atoms with Gasteiger partial charge in [-0.2, -0.15) is 0 Å². The van der Waals surface area contributed by atoms with Crippen LogP contribution in [0.1, 0.15) is 20.3 Å². The largest absolute Gasteiger partial charge is 0.489 e. The van der Waals surface area contributed by atoms with E-state index in [-0.39, 0.29) is 5.41 Å². The Bertz CT molecular complexity index is 547. The Balaban J connectivity index is 2.17. The molecule has 98 valence electrons. The monoisotopic (exact) mass is 254 g/mol. The molecular weight excluding hydrogens is 235 g/mol. The van der Waals surface area contributed by atoms with Crippen molar-refractivity contribution in [3.63, 3.8) is 0 Å². The van der Waals surface area contributed by atoms with Gasteiger partial charge in [0.25, 0.3) is 0 Å². The summed E-state index contributed by atoms with van der Waals surface area (Å²) >= 11 is 0. The zero-order chi connectivity index (χ0) is 13.6. The van der Waals surface area contributed by atoms with E-state index < -0.39 is 7.12 Å². The first-order chi connectivity index (χ1) is 9.01. The molecular formula is C16H19BO2. The van der Waals surface area contributed by atoms with Gasteiger partial charge in [0.1, 0.15) is 0 Å². The lowest BCUT2D eigenvalue weighted by molar-refractivity contribution is 0.194. The van der Waals surface area contributed by atoms with Crippen LogP contribution in [0.2, 0.25) is 0 Å². The van der Waals surface area contributed by atoms with Crippen LogP contribution in [0.5, 0.6) is 0 Å². The summed E-state index contributed by atoms with van der Waals surface area (Å²) in [6, 6.07) is 0. The molecule has 0 aromatic heterocycles. The van der Waals surface area contributed by atoms with Gasteiger partial charge < -0.3 is 10.0 Å². The van der Waals surface area contributed by atoms with Crippen molar-refractivity contribution < 1.29 is 10.0 Å². The Morgan fingerprint density at radius 1 is 1.21 bits per heavy atom. The van der Waals surface area contributed by atoms with E-state index in [0.29, 0.717) is 17.3 Å². The third-order valence-electron chi connectivity index (χ3n) is 4.76. The summed E-state index contributed by atoms with van der Waals surface area (Å²) < 4.78 is 0. The predicted molar refractivity (Wildman–Crippen MR) is 78.1 cm³/mol. The van der Waals surface area contributed by atoms with Crippen molar-refractivity contribution in [1.29, 1.82) is 0 Å². The zero-order valence-electron chi connectivity index (χ0n) is 11.4. The molecule has 0 saturated carbocycles. The molecule has 0 aromatic carbocycles. The Kier molecular flexibility index (Phi) is 2.92. The fourth-order valence-electron chi connectivity index (χ4n) is 3.49. The maximum atomic E-state index is 9.60. The second-order valence-electron chi connectivity index (χ2n) is 6.15. The average Bonchev–Trinajstić information content (AvgIpc) is 2.59. The molecule has 0 spiro atoms. The molecule has 2 atom stereocenters. The molecule has 0 saturated heterocycles. The third kappa shape index (κ3) is 1.89. The summed E-state index contributed by atoms with van der Waals surface area (Å²) in [6.45, 7) is 4.60. The summed E-state index contributed by atoms with van der Waals surface area (Å²) in [5.74, 6) is 0.774. The highest BCUT2D eigenvalue weighted by Gasteiger charge is 2.43. The summed E-state index contributed by atoms with van der Waals surface area (Å²) in [4.78, 5) is 0. The molecule has 2 N–H and O–H groups in total. The van der Waals surface area contributed by atoms with E-state index >= 15 is 0 Å². The Morgan fingerprint density at radius 3 is 2.74 bits per heavy atom. The van der Waals surface area contributed by atoms with Crippen LogP contribution in [0.4, 0.5) is 0 Å². The van der Waals surface area contributed by atoms with Gasteiger partial charge in [0.05, 0.1) is 0 Å². The van der Waals surface area contributed by atoms with Gasteiger partial charge in [-0.05, 0) is 34.4 Å². The van der Waals surface area contributed by atoms with Crippen molar-refractivity contribution in [3.05, 3.63) is 59.2 Å². The number of rotatable bonds is 1. The predicted octanol–water partition coefficient (Wildman–Crippen LogP) is 2.58. The minimum absolute atomic E-state index is 0.153. The van der Waals surface area contributed by atoms with E-state index in [1.54, 1.807) is 0 Å². The molecule has 2 unspecified atom stereocenters. The summed E-state index contributed by atoms with van der Waals surface area (Å²) in [6.07, 6.45) is 15.6. The van der Waals surface area contributed by atoms with Gasteiger partial charge in [0, 0.05) is 5.92 Å². The standard InChI is InChI=1S/C16H19BO2/c1-16(2)11-6-5-9-15(17(18)19)13(10-11)12-7-3-4-8-14(12)16/h3-7,9-11,14,18-19H,8H2,1-2H3. The van der Waals surface area contributed by atoms with Gasteiger partial charge in [-0.3, -0.25) is 0 Å². The molecule has 19 heavy (non-hydrogen) atoms. The topological polar surface area (TPSA) is 40.5 Å². The van der Waals surface area contributed by atoms with Gasteiger partial charge >= 0.3 is 7.12 Å². The molecule has 2 nitrogen and oxygen atoms in total. The first kappa shape index (κ1) is 12.7. The number of allylic oxidation sites excluding steroid dienone is 10. The molecule has 0 heterocycles. The first-order valence-corrected chi connectivity index (χ1v) is 6.85. The molecule has 3 rings (SSSR count). The van der Waals surface area contributed by atoms with E-state index in [0.717, 1.165) is 12.0 Å². The fraction of sp³-hybridized carbons (Fsp3) is 0.375. The molecule has 0 aromatic rings. The molecule has 0 fully saturated rings. The molecule has 0 aliphatic heterocycles. The molecule has 3 heteroatoms. The van der Waals surface area contributed by atoms with E-state index in [2.05, 4.69) is 44.2 Å². The maximum Gasteiger partial charge on any atom is 0.489 e. The SMILES string of the molecule is CC1(C)C2C=CC=C(B(O)O)C(=C2)C2=CC=CCC21. The van der Waals surface area contributed by atoms with Gasteiger partial charge in [-0.25, -0.2) is 0 Å². The second-order valence-corrected chi connectivity index (χ2v) is 6.15. The van der Waals surface area contributed by atoms with Crippen molar-refractivity contribution in [2.24, 2.45) is 17.3 Å².